The van der Waals surface area contributed by atoms with Crippen LogP contribution in [-0.2, 0) is 9.59 Å². The third-order valence-corrected chi connectivity index (χ3v) is 6.89. The SMILES string of the molecule is C=C(C)C(=O)Oc1ccc(-c2cc3ccc(OC(=O)C(=C)C)cc3oc2=O)cc1.O=c1oc2cc(O)ccc2cc1-c1ccc(O)cc1. The van der Waals surface area contributed by atoms with E-state index in [0.29, 0.717) is 39.0 Å². The van der Waals surface area contributed by atoms with Gasteiger partial charge in [-0.2, -0.15) is 0 Å². The van der Waals surface area contributed by atoms with Gasteiger partial charge in [-0.15, -0.1) is 0 Å². The second kappa shape index (κ2) is 13.8. The van der Waals surface area contributed by atoms with E-state index in [9.17, 15) is 29.4 Å². The molecule has 2 aromatic heterocycles. The van der Waals surface area contributed by atoms with Crippen molar-refractivity contribution in [3.8, 4) is 45.3 Å². The van der Waals surface area contributed by atoms with E-state index in [2.05, 4.69) is 13.2 Å². The van der Waals surface area contributed by atoms with Crippen molar-refractivity contribution in [1.29, 1.82) is 0 Å². The van der Waals surface area contributed by atoms with E-state index in [1.807, 2.05) is 0 Å². The van der Waals surface area contributed by atoms with E-state index in [-0.39, 0.29) is 34.0 Å². The summed E-state index contributed by atoms with van der Waals surface area (Å²) in [7, 11) is 0. The van der Waals surface area contributed by atoms with E-state index in [1.54, 1.807) is 80.6 Å². The van der Waals surface area contributed by atoms with Crippen molar-refractivity contribution in [3.63, 3.8) is 0 Å². The van der Waals surface area contributed by atoms with Crippen molar-refractivity contribution >= 4 is 33.9 Å². The highest BCUT2D eigenvalue weighted by Gasteiger charge is 2.12. The molecule has 6 aromatic rings. The second-order valence-electron chi connectivity index (χ2n) is 10.7. The Hall–Kier alpha value is -6.68. The predicted octanol–water partition coefficient (Wildman–Crippen LogP) is 7.29. The van der Waals surface area contributed by atoms with Crippen molar-refractivity contribution in [2.24, 2.45) is 0 Å². The van der Waals surface area contributed by atoms with Gasteiger partial charge in [0, 0.05) is 34.1 Å². The van der Waals surface area contributed by atoms with Gasteiger partial charge in [0.25, 0.3) is 0 Å². The lowest BCUT2D eigenvalue weighted by Crippen LogP contribution is -2.08. The van der Waals surface area contributed by atoms with Crippen molar-refractivity contribution in [1.82, 2.24) is 0 Å². The van der Waals surface area contributed by atoms with Gasteiger partial charge in [0.2, 0.25) is 0 Å². The molecule has 0 aliphatic rings. The average Bonchev–Trinajstić information content (AvgIpc) is 3.05. The monoisotopic (exact) mass is 644 g/mol. The Bertz CT molecular complexity index is 2330. The maximum atomic E-state index is 12.4. The molecule has 240 valence electrons. The first-order chi connectivity index (χ1) is 22.9. The molecule has 0 radical (unpaired) electrons. The van der Waals surface area contributed by atoms with Gasteiger partial charge < -0.3 is 28.5 Å². The summed E-state index contributed by atoms with van der Waals surface area (Å²) in [6.07, 6.45) is 0. The van der Waals surface area contributed by atoms with Crippen molar-refractivity contribution in [2.75, 3.05) is 0 Å². The number of fused-ring (bicyclic) bond motifs is 2. The minimum atomic E-state index is -0.559. The molecule has 10 nitrogen and oxygen atoms in total. The maximum Gasteiger partial charge on any atom is 0.344 e. The topological polar surface area (TPSA) is 153 Å². The number of benzene rings is 4. The molecule has 0 atom stereocenters. The number of hydrogen-bond acceptors (Lipinski definition) is 10. The molecule has 0 fully saturated rings. The second-order valence-corrected chi connectivity index (χ2v) is 10.7. The smallest absolute Gasteiger partial charge is 0.344 e. The lowest BCUT2D eigenvalue weighted by molar-refractivity contribution is -0.130. The first kappa shape index (κ1) is 32.7. The Balaban J connectivity index is 0.000000204. The van der Waals surface area contributed by atoms with E-state index < -0.39 is 23.2 Å². The molecule has 2 heterocycles. The summed E-state index contributed by atoms with van der Waals surface area (Å²) < 4.78 is 20.9. The van der Waals surface area contributed by atoms with Gasteiger partial charge >= 0.3 is 23.2 Å². The molecule has 10 heteroatoms. The first-order valence-corrected chi connectivity index (χ1v) is 14.4. The summed E-state index contributed by atoms with van der Waals surface area (Å²) in [4.78, 5) is 47.6. The molecule has 2 N–H and O–H groups in total. The quantitative estimate of drug-likeness (QED) is 0.0817. The van der Waals surface area contributed by atoms with Gasteiger partial charge in [0.15, 0.2) is 0 Å². The van der Waals surface area contributed by atoms with E-state index in [0.717, 1.165) is 5.39 Å². The number of phenolic OH excluding ortho intramolecular Hbond substituents is 2. The van der Waals surface area contributed by atoms with Crippen molar-refractivity contribution in [3.05, 3.63) is 142 Å². The fraction of sp³-hybridized carbons (Fsp3) is 0.0526. The molecule has 0 spiro atoms. The molecule has 0 saturated heterocycles. The summed E-state index contributed by atoms with van der Waals surface area (Å²) in [6, 6.07) is 25.5. The van der Waals surface area contributed by atoms with Crippen LogP contribution in [0.1, 0.15) is 13.8 Å². The van der Waals surface area contributed by atoms with Crippen LogP contribution in [0.4, 0.5) is 0 Å². The summed E-state index contributed by atoms with van der Waals surface area (Å²) in [5.74, 6) is -0.297. The first-order valence-electron chi connectivity index (χ1n) is 14.4. The minimum absolute atomic E-state index is 0.0491. The van der Waals surface area contributed by atoms with Crippen LogP contribution in [-0.4, -0.2) is 22.2 Å². The number of aromatic hydroxyl groups is 2. The van der Waals surface area contributed by atoms with Gasteiger partial charge in [0.05, 0.1) is 11.1 Å². The summed E-state index contributed by atoms with van der Waals surface area (Å²) >= 11 is 0. The Morgan fingerprint density at radius 1 is 0.562 bits per heavy atom. The molecule has 48 heavy (non-hydrogen) atoms. The molecule has 0 bridgehead atoms. The molecular weight excluding hydrogens is 616 g/mol. The van der Waals surface area contributed by atoms with Crippen molar-refractivity contribution in [2.45, 2.75) is 13.8 Å². The molecule has 0 saturated carbocycles. The molecule has 0 unspecified atom stereocenters. The van der Waals surface area contributed by atoms with Gasteiger partial charge in [-0.3, -0.25) is 0 Å². The molecule has 4 aromatic carbocycles. The van der Waals surface area contributed by atoms with Crippen LogP contribution < -0.4 is 20.7 Å². The zero-order chi connectivity index (χ0) is 34.5. The van der Waals surface area contributed by atoms with E-state index in [4.69, 9.17) is 18.3 Å². The third kappa shape index (κ3) is 7.57. The Labute approximate surface area is 273 Å². The Morgan fingerprint density at radius 3 is 1.50 bits per heavy atom. The summed E-state index contributed by atoms with van der Waals surface area (Å²) in [5, 5.41) is 20.0. The van der Waals surface area contributed by atoms with E-state index >= 15 is 0 Å². The minimum Gasteiger partial charge on any atom is -0.508 e. The molecule has 6 rings (SSSR count). The molecule has 0 aliphatic heterocycles. The molecule has 0 amide bonds. The van der Waals surface area contributed by atoms with Crippen LogP contribution >= 0.6 is 0 Å². The number of rotatable bonds is 6. The maximum absolute atomic E-state index is 12.4. The normalized spacial score (nSPS) is 10.5. The zero-order valence-electron chi connectivity index (χ0n) is 25.8. The number of ether oxygens (including phenoxy) is 2. The highest BCUT2D eigenvalue weighted by Crippen LogP contribution is 2.27. The molecule has 0 aliphatic carbocycles. The standard InChI is InChI=1S/C23H18O6.C15H10O4/c1-13(2)21(24)27-17-8-5-15(6-9-17)19-11-16-7-10-18(28-22(25)14(3)4)12-20(16)29-23(19)26;16-11-4-1-9(2-5-11)13-7-10-3-6-12(17)8-14(10)19-15(13)18/h5-12H,1,3H2,2,4H3;1-8,16-17H. The van der Waals surface area contributed by atoms with Gasteiger partial charge in [-0.1, -0.05) is 37.4 Å². The number of phenols is 2. The van der Waals surface area contributed by atoms with Gasteiger partial charge in [-0.05, 0) is 85.6 Å². The highest BCUT2D eigenvalue weighted by atomic mass is 16.5. The average molecular weight is 645 g/mol. The lowest BCUT2D eigenvalue weighted by Gasteiger charge is -2.07. The zero-order valence-corrected chi connectivity index (χ0v) is 25.8. The van der Waals surface area contributed by atoms with Crippen LogP contribution in [0, 0.1) is 0 Å². The largest absolute Gasteiger partial charge is 0.508 e. The fourth-order valence-corrected chi connectivity index (χ4v) is 4.39. The third-order valence-electron chi connectivity index (χ3n) is 6.89. The van der Waals surface area contributed by atoms with Gasteiger partial charge in [-0.25, -0.2) is 19.2 Å². The Kier molecular flexibility index (Phi) is 9.37. The summed E-state index contributed by atoms with van der Waals surface area (Å²) in [6.45, 7) is 10.2. The van der Waals surface area contributed by atoms with Crippen LogP contribution in [0.2, 0.25) is 0 Å². The number of esters is 2. The summed E-state index contributed by atoms with van der Waals surface area (Å²) in [5.41, 5.74) is 2.19. The number of carbonyl (C=O) groups excluding carboxylic acids is 2. The predicted molar refractivity (Wildman–Crippen MR) is 180 cm³/mol. The highest BCUT2D eigenvalue weighted by molar-refractivity contribution is 5.90. The van der Waals surface area contributed by atoms with Crippen LogP contribution in [0.15, 0.2) is 140 Å². The van der Waals surface area contributed by atoms with Crippen LogP contribution in [0.5, 0.6) is 23.0 Å². The fourth-order valence-electron chi connectivity index (χ4n) is 4.39. The van der Waals surface area contributed by atoms with Crippen LogP contribution in [0.3, 0.4) is 0 Å². The molecular formula is C38H28O10. The number of carbonyl (C=O) groups is 2. The van der Waals surface area contributed by atoms with Gasteiger partial charge in [0.1, 0.15) is 34.2 Å². The number of hydrogen-bond donors (Lipinski definition) is 2. The van der Waals surface area contributed by atoms with Crippen molar-refractivity contribution < 1.29 is 38.1 Å². The van der Waals surface area contributed by atoms with Crippen LogP contribution in [0.25, 0.3) is 44.2 Å². The Morgan fingerprint density at radius 2 is 0.979 bits per heavy atom. The van der Waals surface area contributed by atoms with E-state index in [1.165, 1.54) is 30.3 Å². The lowest BCUT2D eigenvalue weighted by atomic mass is 10.1.